The average Bonchev–Trinajstić information content (AvgIpc) is 2.34. The van der Waals surface area contributed by atoms with Crippen LogP contribution in [0.15, 0.2) is 45.3 Å². The molecule has 2 rings (SSSR count). The lowest BCUT2D eigenvalue weighted by molar-refractivity contribution is 0.596. The lowest BCUT2D eigenvalue weighted by Crippen LogP contribution is -2.02. The van der Waals surface area contributed by atoms with E-state index in [1.807, 2.05) is 24.3 Å². The molecule has 0 aliphatic carbocycles. The van der Waals surface area contributed by atoms with Gasteiger partial charge in [0.25, 0.3) is 0 Å². The SMILES string of the molecule is Fc1cc(NCc2ccccc2Br)c(F)cc1Br. The zero-order chi connectivity index (χ0) is 13.1. The summed E-state index contributed by atoms with van der Waals surface area (Å²) in [4.78, 5) is 0. The topological polar surface area (TPSA) is 12.0 Å². The molecule has 0 aliphatic rings. The summed E-state index contributed by atoms with van der Waals surface area (Å²) in [6.45, 7) is 0.416. The summed E-state index contributed by atoms with van der Waals surface area (Å²) >= 11 is 6.34. The van der Waals surface area contributed by atoms with E-state index in [-0.39, 0.29) is 10.2 Å². The third-order valence-electron chi connectivity index (χ3n) is 2.44. The molecule has 0 aliphatic heterocycles. The molecule has 0 aromatic heterocycles. The van der Waals surface area contributed by atoms with Crippen LogP contribution in [0.3, 0.4) is 0 Å². The molecule has 0 amide bonds. The molecule has 0 atom stereocenters. The molecule has 0 fully saturated rings. The minimum atomic E-state index is -0.494. The second-order valence-corrected chi connectivity index (χ2v) is 5.40. The Balaban J connectivity index is 2.16. The van der Waals surface area contributed by atoms with Crippen LogP contribution in [-0.2, 0) is 6.54 Å². The Morgan fingerprint density at radius 1 is 0.944 bits per heavy atom. The molecule has 18 heavy (non-hydrogen) atoms. The number of hydrogen-bond donors (Lipinski definition) is 1. The van der Waals surface area contributed by atoms with Crippen LogP contribution in [0.5, 0.6) is 0 Å². The molecule has 94 valence electrons. The summed E-state index contributed by atoms with van der Waals surface area (Å²) in [5.41, 5.74) is 1.12. The van der Waals surface area contributed by atoms with E-state index in [1.54, 1.807) is 0 Å². The lowest BCUT2D eigenvalue weighted by atomic mass is 10.2. The van der Waals surface area contributed by atoms with Crippen molar-refractivity contribution in [3.63, 3.8) is 0 Å². The highest BCUT2D eigenvalue weighted by atomic mass is 79.9. The summed E-state index contributed by atoms with van der Waals surface area (Å²) < 4.78 is 27.9. The van der Waals surface area contributed by atoms with Gasteiger partial charge in [0.2, 0.25) is 0 Å². The van der Waals surface area contributed by atoms with Gasteiger partial charge in [0, 0.05) is 17.1 Å². The van der Waals surface area contributed by atoms with Gasteiger partial charge in [-0.15, -0.1) is 0 Å². The van der Waals surface area contributed by atoms with E-state index in [2.05, 4.69) is 37.2 Å². The van der Waals surface area contributed by atoms with E-state index in [9.17, 15) is 8.78 Å². The molecule has 1 N–H and O–H groups in total. The highest BCUT2D eigenvalue weighted by Gasteiger charge is 2.08. The third-order valence-corrected chi connectivity index (χ3v) is 3.82. The fourth-order valence-corrected chi connectivity index (χ4v) is 2.23. The van der Waals surface area contributed by atoms with Crippen LogP contribution in [0, 0.1) is 11.6 Å². The number of rotatable bonds is 3. The largest absolute Gasteiger partial charge is 0.378 e. The predicted molar refractivity (Wildman–Crippen MR) is 75.5 cm³/mol. The smallest absolute Gasteiger partial charge is 0.147 e. The molecule has 0 saturated heterocycles. The minimum absolute atomic E-state index is 0.117. The van der Waals surface area contributed by atoms with E-state index in [4.69, 9.17) is 0 Å². The predicted octanol–water partition coefficient (Wildman–Crippen LogP) is 5.10. The first-order chi connectivity index (χ1) is 8.58. The van der Waals surface area contributed by atoms with Gasteiger partial charge in [-0.05, 0) is 33.6 Å². The fourth-order valence-electron chi connectivity index (χ4n) is 1.49. The van der Waals surface area contributed by atoms with Crippen molar-refractivity contribution >= 4 is 37.5 Å². The standard InChI is InChI=1S/C13H9Br2F2N/c14-9-4-2-1-3-8(9)7-18-13-6-11(16)10(15)5-12(13)17/h1-6,18H,7H2. The number of halogens is 4. The van der Waals surface area contributed by atoms with Crippen LogP contribution in [0.4, 0.5) is 14.5 Å². The summed E-state index contributed by atoms with van der Waals surface area (Å²) in [7, 11) is 0. The Morgan fingerprint density at radius 3 is 2.39 bits per heavy atom. The monoisotopic (exact) mass is 375 g/mol. The van der Waals surface area contributed by atoms with E-state index < -0.39 is 11.6 Å². The number of nitrogens with one attached hydrogen (secondary N) is 1. The van der Waals surface area contributed by atoms with Crippen molar-refractivity contribution in [3.05, 3.63) is 62.5 Å². The van der Waals surface area contributed by atoms with Gasteiger partial charge in [0.05, 0.1) is 10.2 Å². The van der Waals surface area contributed by atoms with Crippen LogP contribution in [-0.4, -0.2) is 0 Å². The van der Waals surface area contributed by atoms with E-state index in [1.165, 1.54) is 0 Å². The average molecular weight is 377 g/mol. The number of hydrogen-bond acceptors (Lipinski definition) is 1. The summed E-state index contributed by atoms with van der Waals surface area (Å²) in [6.07, 6.45) is 0. The van der Waals surface area contributed by atoms with Crippen molar-refractivity contribution in [2.45, 2.75) is 6.54 Å². The summed E-state index contributed by atoms with van der Waals surface area (Å²) in [6, 6.07) is 9.83. The van der Waals surface area contributed by atoms with E-state index >= 15 is 0 Å². The Hall–Kier alpha value is -0.940. The second kappa shape index (κ2) is 5.80. The van der Waals surface area contributed by atoms with Gasteiger partial charge in [-0.2, -0.15) is 0 Å². The molecular formula is C13H9Br2F2N. The van der Waals surface area contributed by atoms with Crippen LogP contribution < -0.4 is 5.32 Å². The first-order valence-corrected chi connectivity index (χ1v) is 6.78. The van der Waals surface area contributed by atoms with Crippen molar-refractivity contribution in [3.8, 4) is 0 Å². The zero-order valence-electron chi connectivity index (χ0n) is 9.18. The molecule has 0 radical (unpaired) electrons. The zero-order valence-corrected chi connectivity index (χ0v) is 12.4. The molecule has 1 nitrogen and oxygen atoms in total. The van der Waals surface area contributed by atoms with Gasteiger partial charge < -0.3 is 5.32 Å². The van der Waals surface area contributed by atoms with Crippen LogP contribution >= 0.6 is 31.9 Å². The van der Waals surface area contributed by atoms with Crippen molar-refractivity contribution in [1.29, 1.82) is 0 Å². The normalized spacial score (nSPS) is 10.4. The fraction of sp³-hybridized carbons (Fsp3) is 0.0769. The maximum Gasteiger partial charge on any atom is 0.147 e. The van der Waals surface area contributed by atoms with Crippen LogP contribution in [0.1, 0.15) is 5.56 Å². The van der Waals surface area contributed by atoms with Crippen molar-refractivity contribution in [2.24, 2.45) is 0 Å². The molecule has 2 aromatic rings. The van der Waals surface area contributed by atoms with Gasteiger partial charge in [-0.3, -0.25) is 0 Å². The molecule has 0 spiro atoms. The van der Waals surface area contributed by atoms with Crippen LogP contribution in [0.25, 0.3) is 0 Å². The lowest BCUT2D eigenvalue weighted by Gasteiger charge is -2.09. The first kappa shape index (κ1) is 13.5. The number of anilines is 1. The highest BCUT2D eigenvalue weighted by molar-refractivity contribution is 9.10. The van der Waals surface area contributed by atoms with Crippen LogP contribution in [0.2, 0.25) is 0 Å². The van der Waals surface area contributed by atoms with Gasteiger partial charge in [-0.1, -0.05) is 34.1 Å². The first-order valence-electron chi connectivity index (χ1n) is 5.20. The minimum Gasteiger partial charge on any atom is -0.378 e. The van der Waals surface area contributed by atoms with Crippen molar-refractivity contribution < 1.29 is 8.78 Å². The van der Waals surface area contributed by atoms with Gasteiger partial charge in [0.1, 0.15) is 11.6 Å². The summed E-state index contributed by atoms with van der Waals surface area (Å²) in [5, 5.41) is 2.87. The third kappa shape index (κ3) is 3.09. The van der Waals surface area contributed by atoms with E-state index in [0.717, 1.165) is 22.2 Å². The van der Waals surface area contributed by atoms with Crippen molar-refractivity contribution in [1.82, 2.24) is 0 Å². The van der Waals surface area contributed by atoms with Gasteiger partial charge in [0.15, 0.2) is 0 Å². The molecule has 0 saturated carbocycles. The Labute approximate surface area is 120 Å². The van der Waals surface area contributed by atoms with Gasteiger partial charge in [-0.25, -0.2) is 8.78 Å². The Kier molecular flexibility index (Phi) is 4.35. The Bertz CT molecular complexity index is 573. The molecule has 5 heteroatoms. The molecule has 0 unspecified atom stereocenters. The molecular weight excluding hydrogens is 368 g/mol. The highest BCUT2D eigenvalue weighted by Crippen LogP contribution is 2.24. The Morgan fingerprint density at radius 2 is 1.67 bits per heavy atom. The van der Waals surface area contributed by atoms with E-state index in [0.29, 0.717) is 6.54 Å². The van der Waals surface area contributed by atoms with Gasteiger partial charge >= 0.3 is 0 Å². The van der Waals surface area contributed by atoms with Crippen molar-refractivity contribution in [2.75, 3.05) is 5.32 Å². The summed E-state index contributed by atoms with van der Waals surface area (Å²) in [5.74, 6) is -0.985. The maximum absolute atomic E-state index is 13.6. The second-order valence-electron chi connectivity index (χ2n) is 3.69. The quantitative estimate of drug-likeness (QED) is 0.734. The number of benzene rings is 2. The maximum atomic E-state index is 13.6. The molecule has 2 aromatic carbocycles. The molecule has 0 bridgehead atoms. The molecule has 0 heterocycles.